The summed E-state index contributed by atoms with van der Waals surface area (Å²) in [4.78, 5) is 22.4. The molecule has 8 heteroatoms. The number of amides is 1. The highest BCUT2D eigenvalue weighted by Crippen LogP contribution is 2.23. The number of hydrogen-bond donors (Lipinski definition) is 3. The molecule has 0 aliphatic carbocycles. The summed E-state index contributed by atoms with van der Waals surface area (Å²) in [5.74, 6) is -1.28. The molecule has 1 aromatic heterocycles. The number of methoxy groups -OCH3 is 1. The van der Waals surface area contributed by atoms with Gasteiger partial charge < -0.3 is 20.5 Å². The van der Waals surface area contributed by atoms with E-state index in [1.807, 2.05) is 0 Å². The maximum absolute atomic E-state index is 11.4. The molecule has 0 bridgehead atoms. The number of nitrogens with zero attached hydrogens (tertiary/aromatic N) is 1. The fourth-order valence-corrected chi connectivity index (χ4v) is 2.04. The summed E-state index contributed by atoms with van der Waals surface area (Å²) in [7, 11) is 1.55. The lowest BCUT2D eigenvalue weighted by Gasteiger charge is -2.06. The zero-order chi connectivity index (χ0) is 13.5. The summed E-state index contributed by atoms with van der Waals surface area (Å²) in [5.41, 5.74) is 0.555. The molecule has 0 unspecified atom stereocenters. The van der Waals surface area contributed by atoms with Gasteiger partial charge in [0.1, 0.15) is 10.6 Å². The number of nitrogens with one attached hydrogen (secondary N) is 2. The quantitative estimate of drug-likeness (QED) is 0.619. The second-order valence-corrected chi connectivity index (χ2v) is 4.25. The molecular weight excluding hydrogens is 258 g/mol. The molecule has 7 nitrogen and oxygen atoms in total. The third-order valence-electron chi connectivity index (χ3n) is 2.11. The van der Waals surface area contributed by atoms with E-state index >= 15 is 0 Å². The minimum atomic E-state index is -1.05. The second-order valence-electron chi connectivity index (χ2n) is 3.47. The van der Waals surface area contributed by atoms with E-state index < -0.39 is 5.97 Å². The van der Waals surface area contributed by atoms with Crippen LogP contribution in [0.15, 0.2) is 0 Å². The molecule has 0 fully saturated rings. The van der Waals surface area contributed by atoms with Gasteiger partial charge in [-0.25, -0.2) is 4.79 Å². The highest BCUT2D eigenvalue weighted by atomic mass is 32.1. The van der Waals surface area contributed by atoms with E-state index in [4.69, 9.17) is 9.84 Å². The molecule has 100 valence electrons. The lowest BCUT2D eigenvalue weighted by Crippen LogP contribution is -2.32. The van der Waals surface area contributed by atoms with Crippen molar-refractivity contribution < 1.29 is 19.4 Å². The number of hydrogen-bond acceptors (Lipinski definition) is 6. The lowest BCUT2D eigenvalue weighted by molar-refractivity contribution is -0.119. The van der Waals surface area contributed by atoms with Gasteiger partial charge in [-0.2, -0.15) is 4.37 Å². The Labute approximate surface area is 108 Å². The Balaban J connectivity index is 2.48. The van der Waals surface area contributed by atoms with E-state index in [2.05, 4.69) is 15.0 Å². The predicted octanol–water partition coefficient (Wildman–Crippen LogP) is 0.324. The van der Waals surface area contributed by atoms with Gasteiger partial charge in [0.05, 0.1) is 18.8 Å². The summed E-state index contributed by atoms with van der Waals surface area (Å²) in [6.07, 6.45) is 0. The molecular formula is C10H15N3O4S. The van der Waals surface area contributed by atoms with Gasteiger partial charge in [-0.15, -0.1) is 0 Å². The van der Waals surface area contributed by atoms with Crippen molar-refractivity contribution in [1.82, 2.24) is 9.69 Å². The van der Waals surface area contributed by atoms with Gasteiger partial charge in [0.25, 0.3) is 0 Å². The van der Waals surface area contributed by atoms with Crippen LogP contribution in [0.25, 0.3) is 0 Å². The Morgan fingerprint density at radius 1 is 1.50 bits per heavy atom. The van der Waals surface area contributed by atoms with E-state index in [0.717, 1.165) is 11.5 Å². The first-order chi connectivity index (χ1) is 8.56. The third kappa shape index (κ3) is 3.97. The zero-order valence-electron chi connectivity index (χ0n) is 10.1. The molecule has 0 spiro atoms. The average Bonchev–Trinajstić information content (AvgIpc) is 2.68. The van der Waals surface area contributed by atoms with Gasteiger partial charge in [0.15, 0.2) is 0 Å². The van der Waals surface area contributed by atoms with Crippen LogP contribution in [0.2, 0.25) is 0 Å². The Hall–Kier alpha value is -1.67. The van der Waals surface area contributed by atoms with Gasteiger partial charge in [0, 0.05) is 13.7 Å². The zero-order valence-corrected chi connectivity index (χ0v) is 11.0. The average molecular weight is 273 g/mol. The van der Waals surface area contributed by atoms with E-state index in [1.54, 1.807) is 14.0 Å². The van der Waals surface area contributed by atoms with Crippen LogP contribution in [0.5, 0.6) is 0 Å². The van der Waals surface area contributed by atoms with Crippen LogP contribution in [0.3, 0.4) is 0 Å². The molecule has 1 rings (SSSR count). The molecule has 0 aromatic carbocycles. The van der Waals surface area contributed by atoms with Crippen LogP contribution in [0, 0.1) is 6.92 Å². The number of rotatable bonds is 7. The molecule has 0 aliphatic rings. The maximum atomic E-state index is 11.4. The predicted molar refractivity (Wildman–Crippen MR) is 67.2 cm³/mol. The normalized spacial score (nSPS) is 10.1. The number of aromatic carboxylic acids is 1. The number of anilines is 1. The fourth-order valence-electron chi connectivity index (χ4n) is 1.26. The third-order valence-corrected chi connectivity index (χ3v) is 3.01. The molecule has 0 radical (unpaired) electrons. The molecule has 1 amide bonds. The van der Waals surface area contributed by atoms with Crippen molar-refractivity contribution in [2.24, 2.45) is 0 Å². The fraction of sp³-hybridized carbons (Fsp3) is 0.500. The summed E-state index contributed by atoms with van der Waals surface area (Å²) in [6, 6.07) is 0. The standard InChI is InChI=1S/C10H15N3O4S/c1-6-8(10(15)16)9(18-13-6)12-5-7(14)11-3-4-17-2/h12H,3-5H2,1-2H3,(H,11,14)(H,15,16). The van der Waals surface area contributed by atoms with Gasteiger partial charge in [0.2, 0.25) is 5.91 Å². The van der Waals surface area contributed by atoms with Crippen molar-refractivity contribution in [2.75, 3.05) is 32.1 Å². The monoisotopic (exact) mass is 273 g/mol. The van der Waals surface area contributed by atoms with Crippen molar-refractivity contribution in [2.45, 2.75) is 6.92 Å². The molecule has 0 aliphatic heterocycles. The van der Waals surface area contributed by atoms with Crippen LogP contribution in [-0.4, -0.2) is 48.2 Å². The Morgan fingerprint density at radius 2 is 2.22 bits per heavy atom. The van der Waals surface area contributed by atoms with Crippen LogP contribution in [-0.2, 0) is 9.53 Å². The molecule has 0 saturated carbocycles. The largest absolute Gasteiger partial charge is 0.478 e. The molecule has 1 aromatic rings. The number of aromatic nitrogens is 1. The summed E-state index contributed by atoms with van der Waals surface area (Å²) < 4.78 is 8.73. The molecule has 0 atom stereocenters. The summed E-state index contributed by atoms with van der Waals surface area (Å²) in [5, 5.41) is 14.8. The van der Waals surface area contributed by atoms with E-state index in [1.165, 1.54) is 0 Å². The SMILES string of the molecule is COCCNC(=O)CNc1snc(C)c1C(=O)O. The van der Waals surface area contributed by atoms with Crippen LogP contribution in [0.1, 0.15) is 16.1 Å². The molecule has 1 heterocycles. The van der Waals surface area contributed by atoms with Crippen molar-refractivity contribution >= 4 is 28.4 Å². The molecule has 3 N–H and O–H groups in total. The summed E-state index contributed by atoms with van der Waals surface area (Å²) >= 11 is 1.03. The van der Waals surface area contributed by atoms with Gasteiger partial charge in [-0.1, -0.05) is 0 Å². The number of carbonyl (C=O) groups is 2. The van der Waals surface area contributed by atoms with E-state index in [9.17, 15) is 9.59 Å². The first kappa shape index (κ1) is 14.4. The van der Waals surface area contributed by atoms with Crippen molar-refractivity contribution in [3.8, 4) is 0 Å². The van der Waals surface area contributed by atoms with Gasteiger partial charge >= 0.3 is 5.97 Å². The summed E-state index contributed by atoms with van der Waals surface area (Å²) in [6.45, 7) is 2.48. The van der Waals surface area contributed by atoms with Gasteiger partial charge in [-0.05, 0) is 18.5 Å². The number of carboxylic acid groups (broad SMARTS) is 1. The number of carboxylic acids is 1. The Kier molecular flexibility index (Phi) is 5.53. The maximum Gasteiger partial charge on any atom is 0.340 e. The highest BCUT2D eigenvalue weighted by Gasteiger charge is 2.17. The first-order valence-electron chi connectivity index (χ1n) is 5.25. The smallest absolute Gasteiger partial charge is 0.340 e. The minimum absolute atomic E-state index is 0.00558. The van der Waals surface area contributed by atoms with E-state index in [0.29, 0.717) is 23.8 Å². The van der Waals surface area contributed by atoms with Crippen molar-refractivity contribution in [3.63, 3.8) is 0 Å². The highest BCUT2D eigenvalue weighted by molar-refractivity contribution is 7.10. The Morgan fingerprint density at radius 3 is 2.83 bits per heavy atom. The van der Waals surface area contributed by atoms with Crippen LogP contribution in [0.4, 0.5) is 5.00 Å². The Bertz CT molecular complexity index is 433. The minimum Gasteiger partial charge on any atom is -0.478 e. The van der Waals surface area contributed by atoms with Crippen molar-refractivity contribution in [3.05, 3.63) is 11.3 Å². The second kappa shape index (κ2) is 6.92. The van der Waals surface area contributed by atoms with Crippen LogP contribution < -0.4 is 10.6 Å². The first-order valence-corrected chi connectivity index (χ1v) is 6.02. The van der Waals surface area contributed by atoms with Crippen molar-refractivity contribution in [1.29, 1.82) is 0 Å². The number of carbonyl (C=O) groups excluding carboxylic acids is 1. The lowest BCUT2D eigenvalue weighted by atomic mass is 10.2. The molecule has 0 saturated heterocycles. The van der Waals surface area contributed by atoms with Gasteiger partial charge in [-0.3, -0.25) is 4.79 Å². The van der Waals surface area contributed by atoms with E-state index in [-0.39, 0.29) is 18.0 Å². The van der Waals surface area contributed by atoms with Crippen LogP contribution >= 0.6 is 11.5 Å². The number of ether oxygens (including phenoxy) is 1. The topological polar surface area (TPSA) is 101 Å². The number of aryl methyl sites for hydroxylation is 1. The molecule has 18 heavy (non-hydrogen) atoms.